The van der Waals surface area contributed by atoms with Crippen LogP contribution < -0.4 is 0 Å². The highest BCUT2D eigenvalue weighted by molar-refractivity contribution is 6.03. The third kappa shape index (κ3) is 1.73. The molecule has 15 heavy (non-hydrogen) atoms. The molecule has 1 heterocycles. The topological polar surface area (TPSA) is 46.5 Å². The van der Waals surface area contributed by atoms with Crippen molar-refractivity contribution in [3.05, 3.63) is 35.4 Å². The van der Waals surface area contributed by atoms with Gasteiger partial charge >= 0.3 is 5.97 Å². The van der Waals surface area contributed by atoms with E-state index in [0.717, 1.165) is 18.4 Å². The van der Waals surface area contributed by atoms with Gasteiger partial charge in [-0.15, -0.1) is 0 Å². The van der Waals surface area contributed by atoms with Crippen molar-refractivity contribution in [1.82, 2.24) is 0 Å². The van der Waals surface area contributed by atoms with Crippen LogP contribution in [0.4, 0.5) is 0 Å². The van der Waals surface area contributed by atoms with Gasteiger partial charge in [-0.2, -0.15) is 0 Å². The molecule has 0 saturated heterocycles. The lowest BCUT2D eigenvalue weighted by Crippen LogP contribution is -1.92. The molecule has 0 amide bonds. The number of cyclic esters (lactones) is 1. The average molecular weight is 204 g/mol. The second kappa shape index (κ2) is 3.77. The number of hydrogen-bond donors (Lipinski definition) is 1. The summed E-state index contributed by atoms with van der Waals surface area (Å²) in [6.07, 6.45) is 3.79. The van der Waals surface area contributed by atoms with E-state index in [1.807, 2.05) is 6.08 Å². The summed E-state index contributed by atoms with van der Waals surface area (Å²) in [5, 5.41) is 9.25. The number of benzene rings is 1. The van der Waals surface area contributed by atoms with Crippen molar-refractivity contribution in [2.75, 3.05) is 0 Å². The molecule has 0 atom stereocenters. The second-order valence-corrected chi connectivity index (χ2v) is 3.48. The molecule has 0 spiro atoms. The maximum absolute atomic E-state index is 11.4. The first-order valence-corrected chi connectivity index (χ1v) is 4.98. The Balaban J connectivity index is 2.42. The first kappa shape index (κ1) is 9.77. The molecule has 0 radical (unpaired) electrons. The molecule has 3 heteroatoms. The normalized spacial score (nSPS) is 16.6. The first-order valence-electron chi connectivity index (χ1n) is 4.98. The van der Waals surface area contributed by atoms with E-state index in [2.05, 4.69) is 6.92 Å². The Kier molecular flexibility index (Phi) is 2.46. The summed E-state index contributed by atoms with van der Waals surface area (Å²) in [6.45, 7) is 2.06. The van der Waals surface area contributed by atoms with Crippen LogP contribution in [0.3, 0.4) is 0 Å². The van der Waals surface area contributed by atoms with Crippen molar-refractivity contribution < 1.29 is 14.6 Å². The predicted molar refractivity (Wildman–Crippen MR) is 56.4 cm³/mol. The number of ether oxygens (including phenoxy) is 1. The first-order chi connectivity index (χ1) is 7.22. The zero-order chi connectivity index (χ0) is 10.8. The molecular formula is C12H12O3. The molecule has 1 aliphatic rings. The quantitative estimate of drug-likeness (QED) is 0.753. The Labute approximate surface area is 88.0 Å². The highest BCUT2D eigenvalue weighted by atomic mass is 16.5. The molecule has 0 bridgehead atoms. The van der Waals surface area contributed by atoms with E-state index in [1.165, 1.54) is 6.07 Å². The number of carbonyl (C=O) groups is 1. The van der Waals surface area contributed by atoms with E-state index in [4.69, 9.17) is 4.74 Å². The fraction of sp³-hybridized carbons (Fsp3) is 0.250. The Bertz CT molecular complexity index is 432. The minimum atomic E-state index is -0.386. The molecule has 1 aliphatic heterocycles. The van der Waals surface area contributed by atoms with E-state index in [0.29, 0.717) is 11.3 Å². The average Bonchev–Trinajstić information content (AvgIpc) is 2.53. The highest BCUT2D eigenvalue weighted by Crippen LogP contribution is 2.32. The van der Waals surface area contributed by atoms with Crippen molar-refractivity contribution in [1.29, 1.82) is 0 Å². The van der Waals surface area contributed by atoms with Crippen LogP contribution in [0.2, 0.25) is 0 Å². The lowest BCUT2D eigenvalue weighted by molar-refractivity contribution is 0.0715. The lowest BCUT2D eigenvalue weighted by atomic mass is 10.1. The van der Waals surface area contributed by atoms with Crippen LogP contribution in [0.1, 0.15) is 35.7 Å². The Morgan fingerprint density at radius 2 is 2.20 bits per heavy atom. The van der Waals surface area contributed by atoms with E-state index < -0.39 is 0 Å². The number of carbonyl (C=O) groups excluding carboxylic acids is 1. The van der Waals surface area contributed by atoms with Crippen molar-refractivity contribution >= 4 is 11.7 Å². The number of phenols is 1. The second-order valence-electron chi connectivity index (χ2n) is 3.48. The fourth-order valence-corrected chi connectivity index (χ4v) is 1.55. The smallest absolute Gasteiger partial charge is 0.344 e. The van der Waals surface area contributed by atoms with Gasteiger partial charge in [-0.05, 0) is 30.7 Å². The van der Waals surface area contributed by atoms with Gasteiger partial charge in [-0.25, -0.2) is 4.79 Å². The van der Waals surface area contributed by atoms with Gasteiger partial charge in [0.1, 0.15) is 11.5 Å². The molecule has 0 aliphatic carbocycles. The maximum Gasteiger partial charge on any atom is 0.344 e. The number of fused-ring (bicyclic) bond motifs is 1. The fourth-order valence-electron chi connectivity index (χ4n) is 1.55. The van der Waals surface area contributed by atoms with Gasteiger partial charge in [0.05, 0.1) is 5.56 Å². The number of aromatic hydroxyl groups is 1. The van der Waals surface area contributed by atoms with E-state index in [-0.39, 0.29) is 11.7 Å². The minimum Gasteiger partial charge on any atom is -0.508 e. The number of rotatable bonds is 2. The summed E-state index contributed by atoms with van der Waals surface area (Å²) < 4.78 is 5.10. The Morgan fingerprint density at radius 3 is 2.93 bits per heavy atom. The van der Waals surface area contributed by atoms with Gasteiger partial charge in [-0.3, -0.25) is 0 Å². The van der Waals surface area contributed by atoms with Gasteiger partial charge in [0.15, 0.2) is 0 Å². The molecule has 1 N–H and O–H groups in total. The standard InChI is InChI=1S/C12H12O3/c1-2-3-4-11-9-6-5-8(13)7-10(9)12(14)15-11/h4-7,13H,2-3H2,1H3/b11-4-. The van der Waals surface area contributed by atoms with Crippen LogP contribution >= 0.6 is 0 Å². The molecule has 1 aromatic rings. The molecule has 1 aromatic carbocycles. The number of allylic oxidation sites excluding steroid dienone is 1. The van der Waals surface area contributed by atoms with E-state index in [1.54, 1.807) is 12.1 Å². The zero-order valence-corrected chi connectivity index (χ0v) is 8.49. The maximum atomic E-state index is 11.4. The molecule has 0 aromatic heterocycles. The number of phenolic OH excluding ortho intramolecular Hbond substituents is 1. The lowest BCUT2D eigenvalue weighted by Gasteiger charge is -1.97. The van der Waals surface area contributed by atoms with Crippen molar-refractivity contribution in [2.45, 2.75) is 19.8 Å². The highest BCUT2D eigenvalue weighted by Gasteiger charge is 2.26. The number of hydrogen-bond acceptors (Lipinski definition) is 3. The zero-order valence-electron chi connectivity index (χ0n) is 8.49. The van der Waals surface area contributed by atoms with Crippen LogP contribution in [-0.4, -0.2) is 11.1 Å². The third-order valence-electron chi connectivity index (χ3n) is 2.31. The summed E-state index contributed by atoms with van der Waals surface area (Å²) in [7, 11) is 0. The summed E-state index contributed by atoms with van der Waals surface area (Å²) in [6, 6.07) is 4.70. The minimum absolute atomic E-state index is 0.0856. The van der Waals surface area contributed by atoms with Crippen molar-refractivity contribution in [3.63, 3.8) is 0 Å². The molecule has 78 valence electrons. The van der Waals surface area contributed by atoms with E-state index in [9.17, 15) is 9.90 Å². The summed E-state index contributed by atoms with van der Waals surface area (Å²) in [5.41, 5.74) is 1.21. The monoisotopic (exact) mass is 204 g/mol. The summed E-state index contributed by atoms with van der Waals surface area (Å²) >= 11 is 0. The molecular weight excluding hydrogens is 192 g/mol. The van der Waals surface area contributed by atoms with Gasteiger partial charge in [0.25, 0.3) is 0 Å². The largest absolute Gasteiger partial charge is 0.508 e. The summed E-state index contributed by atoms with van der Waals surface area (Å²) in [5.74, 6) is 0.308. The van der Waals surface area contributed by atoms with Crippen LogP contribution in [0.25, 0.3) is 5.76 Å². The molecule has 2 rings (SSSR count). The summed E-state index contributed by atoms with van der Waals surface area (Å²) in [4.78, 5) is 11.4. The third-order valence-corrected chi connectivity index (χ3v) is 2.31. The number of unbranched alkanes of at least 4 members (excludes halogenated alkanes) is 1. The van der Waals surface area contributed by atoms with E-state index >= 15 is 0 Å². The molecule has 0 unspecified atom stereocenters. The van der Waals surface area contributed by atoms with Crippen LogP contribution in [0, 0.1) is 0 Å². The van der Waals surface area contributed by atoms with Gasteiger partial charge in [-0.1, -0.05) is 13.3 Å². The number of esters is 1. The van der Waals surface area contributed by atoms with Gasteiger partial charge in [0.2, 0.25) is 0 Å². The van der Waals surface area contributed by atoms with Crippen LogP contribution in [-0.2, 0) is 4.74 Å². The van der Waals surface area contributed by atoms with Crippen molar-refractivity contribution in [3.8, 4) is 5.75 Å². The molecule has 3 nitrogen and oxygen atoms in total. The Hall–Kier alpha value is -1.77. The van der Waals surface area contributed by atoms with Crippen molar-refractivity contribution in [2.24, 2.45) is 0 Å². The van der Waals surface area contributed by atoms with Gasteiger partial charge < -0.3 is 9.84 Å². The predicted octanol–water partition coefficient (Wildman–Crippen LogP) is 2.70. The van der Waals surface area contributed by atoms with Gasteiger partial charge in [0, 0.05) is 5.56 Å². The van der Waals surface area contributed by atoms with Crippen LogP contribution in [0.15, 0.2) is 24.3 Å². The van der Waals surface area contributed by atoms with Crippen LogP contribution in [0.5, 0.6) is 5.75 Å². The Morgan fingerprint density at radius 1 is 1.40 bits per heavy atom. The molecule has 0 fully saturated rings. The SMILES string of the molecule is CCC/C=C1\OC(=O)c2cc(O)ccc21. The molecule has 0 saturated carbocycles.